The molecule has 0 atom stereocenters. The maximum Gasteiger partial charge on any atom is 0.137 e. The van der Waals surface area contributed by atoms with Crippen LogP contribution >= 0.6 is 15.9 Å². The van der Waals surface area contributed by atoms with Crippen molar-refractivity contribution in [3.63, 3.8) is 0 Å². The first-order chi connectivity index (χ1) is 9.60. The highest BCUT2D eigenvalue weighted by molar-refractivity contribution is 9.10. The lowest BCUT2D eigenvalue weighted by Crippen LogP contribution is -2.00. The summed E-state index contributed by atoms with van der Waals surface area (Å²) in [5.41, 5.74) is 8.33. The number of benzene rings is 2. The monoisotopic (exact) mass is 335 g/mol. The number of anilines is 1. The Bertz CT molecular complexity index is 628. The van der Waals surface area contributed by atoms with Gasteiger partial charge in [0.05, 0.1) is 4.47 Å². The van der Waals surface area contributed by atoms with Crippen molar-refractivity contribution in [1.82, 2.24) is 0 Å². The summed E-state index contributed by atoms with van der Waals surface area (Å²) in [5.74, 6) is 0.480. The molecule has 2 aromatic carbocycles. The van der Waals surface area contributed by atoms with E-state index in [2.05, 4.69) is 22.5 Å². The lowest BCUT2D eigenvalue weighted by molar-refractivity contribution is 0.303. The van der Waals surface area contributed by atoms with Crippen molar-refractivity contribution >= 4 is 21.6 Å². The zero-order chi connectivity index (χ0) is 14.5. The second kappa shape index (κ2) is 6.57. The highest BCUT2D eigenvalue weighted by Gasteiger charge is 2.05. The van der Waals surface area contributed by atoms with Crippen LogP contribution in [-0.4, -0.2) is 0 Å². The Morgan fingerprint density at radius 2 is 2.05 bits per heavy atom. The largest absolute Gasteiger partial charge is 0.489 e. The quantitative estimate of drug-likeness (QED) is 0.645. The van der Waals surface area contributed by atoms with Gasteiger partial charge >= 0.3 is 0 Å². The smallest absolute Gasteiger partial charge is 0.137 e. The Morgan fingerprint density at radius 3 is 2.75 bits per heavy atom. The lowest BCUT2D eigenvalue weighted by atomic mass is 10.1. The molecule has 0 aliphatic carbocycles. The topological polar surface area (TPSA) is 35.2 Å². The zero-order valence-corrected chi connectivity index (χ0v) is 12.5. The van der Waals surface area contributed by atoms with E-state index in [1.165, 1.54) is 6.07 Å². The van der Waals surface area contributed by atoms with Gasteiger partial charge in [-0.3, -0.25) is 0 Å². The van der Waals surface area contributed by atoms with Crippen molar-refractivity contribution in [1.29, 1.82) is 0 Å². The molecule has 0 radical (unpaired) electrons. The number of nitrogens with two attached hydrogens (primary N) is 1. The van der Waals surface area contributed by atoms with Gasteiger partial charge in [0, 0.05) is 5.69 Å². The van der Waals surface area contributed by atoms with Crippen molar-refractivity contribution < 1.29 is 9.13 Å². The summed E-state index contributed by atoms with van der Waals surface area (Å²) in [6.45, 7) is 4.09. The summed E-state index contributed by atoms with van der Waals surface area (Å²) in [5, 5.41) is 0. The van der Waals surface area contributed by atoms with Crippen LogP contribution in [0, 0.1) is 5.82 Å². The molecule has 0 unspecified atom stereocenters. The number of nitrogen functional groups attached to an aromatic ring is 1. The van der Waals surface area contributed by atoms with Crippen molar-refractivity contribution in [3.05, 3.63) is 70.5 Å². The van der Waals surface area contributed by atoms with Gasteiger partial charge in [0.15, 0.2) is 0 Å². The molecule has 0 saturated heterocycles. The van der Waals surface area contributed by atoms with Gasteiger partial charge in [0.2, 0.25) is 0 Å². The number of ether oxygens (including phenoxy) is 1. The van der Waals surface area contributed by atoms with Crippen LogP contribution in [0.25, 0.3) is 0 Å². The minimum Gasteiger partial charge on any atom is -0.489 e. The fourth-order valence-corrected chi connectivity index (χ4v) is 2.27. The van der Waals surface area contributed by atoms with Gasteiger partial charge in [-0.15, -0.1) is 6.58 Å². The van der Waals surface area contributed by atoms with Crippen LogP contribution in [0.5, 0.6) is 5.75 Å². The SMILES string of the molecule is C=CCc1cc(N)ccc1OCc1ccc(F)c(Br)c1. The summed E-state index contributed by atoms with van der Waals surface area (Å²) in [6, 6.07) is 10.3. The average Bonchev–Trinajstić information content (AvgIpc) is 2.42. The molecule has 104 valence electrons. The van der Waals surface area contributed by atoms with Gasteiger partial charge in [0.1, 0.15) is 18.2 Å². The molecule has 0 heterocycles. The summed E-state index contributed by atoms with van der Waals surface area (Å²) >= 11 is 3.16. The van der Waals surface area contributed by atoms with Crippen LogP contribution in [0.3, 0.4) is 0 Å². The molecule has 0 aliphatic heterocycles. The fourth-order valence-electron chi connectivity index (χ4n) is 1.85. The minimum absolute atomic E-state index is 0.284. The molecule has 2 aromatic rings. The van der Waals surface area contributed by atoms with Crippen molar-refractivity contribution in [2.75, 3.05) is 5.73 Å². The predicted octanol–water partition coefficient (Wildman–Crippen LogP) is 4.48. The van der Waals surface area contributed by atoms with E-state index in [4.69, 9.17) is 10.5 Å². The van der Waals surface area contributed by atoms with Gasteiger partial charge in [-0.25, -0.2) is 4.39 Å². The molecule has 0 aromatic heterocycles. The molecule has 2 nitrogen and oxygen atoms in total. The van der Waals surface area contributed by atoms with Crippen LogP contribution in [-0.2, 0) is 13.0 Å². The molecule has 2 rings (SSSR count). The lowest BCUT2D eigenvalue weighted by Gasteiger charge is -2.11. The average molecular weight is 336 g/mol. The zero-order valence-electron chi connectivity index (χ0n) is 10.9. The van der Waals surface area contributed by atoms with Crippen LogP contribution in [0.2, 0.25) is 0 Å². The van der Waals surface area contributed by atoms with Gasteiger partial charge < -0.3 is 10.5 Å². The Morgan fingerprint density at radius 1 is 1.25 bits per heavy atom. The molecule has 0 amide bonds. The van der Waals surface area contributed by atoms with Crippen molar-refractivity contribution in [3.8, 4) is 5.75 Å². The van der Waals surface area contributed by atoms with Crippen LogP contribution < -0.4 is 10.5 Å². The normalized spacial score (nSPS) is 10.3. The van der Waals surface area contributed by atoms with Gasteiger partial charge in [-0.05, 0) is 63.8 Å². The van der Waals surface area contributed by atoms with E-state index in [1.807, 2.05) is 12.1 Å². The van der Waals surface area contributed by atoms with E-state index in [0.717, 1.165) is 16.9 Å². The molecule has 4 heteroatoms. The van der Waals surface area contributed by atoms with Gasteiger partial charge in [-0.1, -0.05) is 12.1 Å². The summed E-state index contributed by atoms with van der Waals surface area (Å²) in [4.78, 5) is 0. The number of hydrogen-bond donors (Lipinski definition) is 1. The maximum atomic E-state index is 13.2. The first kappa shape index (κ1) is 14.6. The second-order valence-electron chi connectivity index (χ2n) is 4.40. The maximum absolute atomic E-state index is 13.2. The third-order valence-electron chi connectivity index (χ3n) is 2.83. The highest BCUT2D eigenvalue weighted by Crippen LogP contribution is 2.24. The number of halogens is 2. The fraction of sp³-hybridized carbons (Fsp3) is 0.125. The van der Waals surface area contributed by atoms with Crippen LogP contribution in [0.4, 0.5) is 10.1 Å². The summed E-state index contributed by atoms with van der Waals surface area (Å²) in [7, 11) is 0. The number of rotatable bonds is 5. The Balaban J connectivity index is 2.13. The molecular formula is C16H15BrFNO. The number of hydrogen-bond acceptors (Lipinski definition) is 2. The Kier molecular flexibility index (Phi) is 4.79. The Hall–Kier alpha value is -1.81. The standard InChI is InChI=1S/C16H15BrFNO/c1-2-3-12-9-13(19)5-7-16(12)20-10-11-4-6-15(18)14(17)8-11/h2,4-9H,1,3,10,19H2. The Labute approximate surface area is 126 Å². The van der Waals surface area contributed by atoms with Crippen molar-refractivity contribution in [2.45, 2.75) is 13.0 Å². The van der Waals surface area contributed by atoms with Crippen LogP contribution in [0.15, 0.2) is 53.5 Å². The van der Waals surface area contributed by atoms with E-state index in [-0.39, 0.29) is 5.82 Å². The summed E-state index contributed by atoms with van der Waals surface area (Å²) in [6.07, 6.45) is 2.49. The van der Waals surface area contributed by atoms with Crippen molar-refractivity contribution in [2.24, 2.45) is 0 Å². The van der Waals surface area contributed by atoms with Crippen LogP contribution in [0.1, 0.15) is 11.1 Å². The highest BCUT2D eigenvalue weighted by atomic mass is 79.9. The molecule has 0 saturated carbocycles. The first-order valence-corrected chi connectivity index (χ1v) is 6.95. The minimum atomic E-state index is -0.284. The third-order valence-corrected chi connectivity index (χ3v) is 3.43. The van der Waals surface area contributed by atoms with E-state index < -0.39 is 0 Å². The van der Waals surface area contributed by atoms with E-state index in [9.17, 15) is 4.39 Å². The molecule has 0 spiro atoms. The molecule has 0 fully saturated rings. The third kappa shape index (κ3) is 3.61. The van der Waals surface area contributed by atoms with Gasteiger partial charge in [-0.2, -0.15) is 0 Å². The van der Waals surface area contributed by atoms with E-state index >= 15 is 0 Å². The predicted molar refractivity (Wildman–Crippen MR) is 83.2 cm³/mol. The van der Waals surface area contributed by atoms with E-state index in [1.54, 1.807) is 24.3 Å². The first-order valence-electron chi connectivity index (χ1n) is 6.16. The number of allylic oxidation sites excluding steroid dienone is 1. The molecule has 0 aliphatic rings. The molecule has 2 N–H and O–H groups in total. The second-order valence-corrected chi connectivity index (χ2v) is 5.25. The summed E-state index contributed by atoms with van der Waals surface area (Å²) < 4.78 is 19.4. The molecular weight excluding hydrogens is 321 g/mol. The van der Waals surface area contributed by atoms with E-state index in [0.29, 0.717) is 23.2 Å². The molecule has 20 heavy (non-hydrogen) atoms. The van der Waals surface area contributed by atoms with Gasteiger partial charge in [0.25, 0.3) is 0 Å². The molecule has 0 bridgehead atoms.